The minimum absolute atomic E-state index is 0.223. The lowest BCUT2D eigenvalue weighted by molar-refractivity contribution is -0.136. The third kappa shape index (κ3) is 4.16. The number of allylic oxidation sites excluding steroid dienone is 1. The summed E-state index contributed by atoms with van der Waals surface area (Å²) in [6.07, 6.45) is -1.54. The number of hydrogen-bond acceptors (Lipinski definition) is 2. The highest BCUT2D eigenvalue weighted by Crippen LogP contribution is 2.36. The summed E-state index contributed by atoms with van der Waals surface area (Å²) in [7, 11) is 0. The summed E-state index contributed by atoms with van der Waals surface area (Å²) in [5, 5.41) is 0. The summed E-state index contributed by atoms with van der Waals surface area (Å²) >= 11 is 0. The van der Waals surface area contributed by atoms with Crippen LogP contribution in [0.15, 0.2) is 54.7 Å². The van der Waals surface area contributed by atoms with Gasteiger partial charge in [-0.05, 0) is 41.2 Å². The van der Waals surface area contributed by atoms with E-state index >= 15 is 0 Å². The van der Waals surface area contributed by atoms with Crippen LogP contribution in [0.5, 0.6) is 0 Å². The Kier molecular flexibility index (Phi) is 4.75. The molecule has 1 aliphatic heterocycles. The third-order valence-corrected chi connectivity index (χ3v) is 4.41. The molecule has 1 unspecified atom stereocenters. The molecule has 0 saturated carbocycles. The Balaban J connectivity index is 1.86. The molecule has 5 heteroatoms. The average Bonchev–Trinajstić information content (AvgIpc) is 2.54. The fourth-order valence-corrected chi connectivity index (χ4v) is 3.31. The van der Waals surface area contributed by atoms with Crippen LogP contribution in [-0.4, -0.2) is 11.4 Å². The van der Waals surface area contributed by atoms with Gasteiger partial charge < -0.3 is 10.6 Å². The second kappa shape index (κ2) is 6.82. The standard InChI is InChI=1S/C20H21F3N2/c1-14-9-17(13-25(11-14)12-15-5-3-2-4-6-15)16-7-8-18(19(24)10-16)20(21,22)23/h2-8,10,13-14H,9,11-12,24H2,1H3. The maximum absolute atomic E-state index is 12.9. The van der Waals surface area contributed by atoms with Gasteiger partial charge in [-0.1, -0.05) is 43.3 Å². The zero-order chi connectivity index (χ0) is 18.0. The maximum atomic E-state index is 12.9. The molecule has 1 atom stereocenters. The number of benzene rings is 2. The van der Waals surface area contributed by atoms with Crippen molar-refractivity contribution in [3.63, 3.8) is 0 Å². The van der Waals surface area contributed by atoms with Gasteiger partial charge in [-0.3, -0.25) is 0 Å². The van der Waals surface area contributed by atoms with Crippen molar-refractivity contribution in [2.75, 3.05) is 12.3 Å². The molecule has 132 valence electrons. The van der Waals surface area contributed by atoms with Crippen LogP contribution in [0.25, 0.3) is 5.57 Å². The number of alkyl halides is 3. The van der Waals surface area contributed by atoms with E-state index in [1.54, 1.807) is 0 Å². The Hall–Kier alpha value is -2.43. The van der Waals surface area contributed by atoms with Crippen molar-refractivity contribution in [3.05, 3.63) is 71.4 Å². The minimum Gasteiger partial charge on any atom is -0.398 e. The zero-order valence-corrected chi connectivity index (χ0v) is 14.1. The number of hydrogen-bond donors (Lipinski definition) is 1. The lowest BCUT2D eigenvalue weighted by Crippen LogP contribution is -2.27. The molecule has 0 aromatic heterocycles. The van der Waals surface area contributed by atoms with Gasteiger partial charge in [0.15, 0.2) is 0 Å². The lowest BCUT2D eigenvalue weighted by atomic mass is 9.91. The van der Waals surface area contributed by atoms with Gasteiger partial charge >= 0.3 is 6.18 Å². The average molecular weight is 346 g/mol. The van der Waals surface area contributed by atoms with E-state index in [0.29, 0.717) is 5.92 Å². The minimum atomic E-state index is -4.42. The molecule has 1 aliphatic rings. The van der Waals surface area contributed by atoms with Crippen molar-refractivity contribution >= 4 is 11.3 Å². The molecule has 2 nitrogen and oxygen atoms in total. The van der Waals surface area contributed by atoms with Gasteiger partial charge in [0.2, 0.25) is 0 Å². The highest BCUT2D eigenvalue weighted by molar-refractivity contribution is 5.70. The fourth-order valence-electron chi connectivity index (χ4n) is 3.31. The van der Waals surface area contributed by atoms with Crippen LogP contribution in [0.1, 0.15) is 30.0 Å². The van der Waals surface area contributed by atoms with Crippen LogP contribution in [-0.2, 0) is 12.7 Å². The molecule has 2 N–H and O–H groups in total. The van der Waals surface area contributed by atoms with Crippen molar-refractivity contribution in [2.45, 2.75) is 26.1 Å². The molecule has 0 aliphatic carbocycles. The first kappa shape index (κ1) is 17.4. The molecular formula is C20H21F3N2. The molecule has 2 aromatic carbocycles. The molecule has 0 radical (unpaired) electrons. The Bertz CT molecular complexity index is 766. The molecule has 0 fully saturated rings. The predicted octanol–water partition coefficient (Wildman–Crippen LogP) is 5.17. The summed E-state index contributed by atoms with van der Waals surface area (Å²) < 4.78 is 38.7. The first-order valence-corrected chi connectivity index (χ1v) is 8.28. The van der Waals surface area contributed by atoms with E-state index in [-0.39, 0.29) is 5.69 Å². The summed E-state index contributed by atoms with van der Waals surface area (Å²) in [5.74, 6) is 0.423. The molecule has 0 amide bonds. The Morgan fingerprint density at radius 3 is 2.48 bits per heavy atom. The van der Waals surface area contributed by atoms with Gasteiger partial charge in [-0.15, -0.1) is 0 Å². The van der Waals surface area contributed by atoms with Crippen molar-refractivity contribution in [1.82, 2.24) is 4.90 Å². The number of nitrogens with zero attached hydrogens (tertiary/aromatic N) is 1. The van der Waals surface area contributed by atoms with E-state index in [4.69, 9.17) is 5.73 Å². The van der Waals surface area contributed by atoms with Crippen molar-refractivity contribution in [3.8, 4) is 0 Å². The quantitative estimate of drug-likeness (QED) is 0.777. The second-order valence-electron chi connectivity index (χ2n) is 6.68. The molecule has 2 aromatic rings. The number of halogens is 3. The summed E-state index contributed by atoms with van der Waals surface area (Å²) in [5.41, 5.74) is 7.64. The molecule has 3 rings (SSSR count). The first-order valence-electron chi connectivity index (χ1n) is 8.28. The van der Waals surface area contributed by atoms with E-state index in [1.807, 2.05) is 18.2 Å². The molecule has 0 saturated heterocycles. The predicted molar refractivity (Wildman–Crippen MR) is 94.5 cm³/mol. The maximum Gasteiger partial charge on any atom is 0.418 e. The Morgan fingerprint density at radius 2 is 1.84 bits per heavy atom. The third-order valence-electron chi connectivity index (χ3n) is 4.41. The number of nitrogen functional groups attached to an aromatic ring is 1. The smallest absolute Gasteiger partial charge is 0.398 e. The lowest BCUT2D eigenvalue weighted by Gasteiger charge is -2.31. The zero-order valence-electron chi connectivity index (χ0n) is 14.1. The number of nitrogens with two attached hydrogens (primary N) is 1. The van der Waals surface area contributed by atoms with Crippen molar-refractivity contribution in [1.29, 1.82) is 0 Å². The van der Waals surface area contributed by atoms with E-state index in [2.05, 4.69) is 30.2 Å². The van der Waals surface area contributed by atoms with Gasteiger partial charge in [-0.25, -0.2) is 0 Å². The summed E-state index contributed by atoms with van der Waals surface area (Å²) in [6.45, 7) is 3.86. The largest absolute Gasteiger partial charge is 0.418 e. The molecule has 0 bridgehead atoms. The van der Waals surface area contributed by atoms with Crippen LogP contribution < -0.4 is 5.73 Å². The van der Waals surface area contributed by atoms with Crippen LogP contribution in [0, 0.1) is 5.92 Å². The van der Waals surface area contributed by atoms with Crippen LogP contribution in [0.2, 0.25) is 0 Å². The van der Waals surface area contributed by atoms with E-state index in [0.717, 1.165) is 36.7 Å². The van der Waals surface area contributed by atoms with E-state index < -0.39 is 11.7 Å². The normalized spacial score (nSPS) is 18.2. The fraction of sp³-hybridized carbons (Fsp3) is 0.300. The number of rotatable bonds is 3. The number of anilines is 1. The van der Waals surface area contributed by atoms with Gasteiger partial charge in [-0.2, -0.15) is 13.2 Å². The topological polar surface area (TPSA) is 29.3 Å². The van der Waals surface area contributed by atoms with Crippen LogP contribution in [0.3, 0.4) is 0 Å². The molecular weight excluding hydrogens is 325 g/mol. The van der Waals surface area contributed by atoms with Crippen molar-refractivity contribution in [2.24, 2.45) is 5.92 Å². The molecule has 1 heterocycles. The van der Waals surface area contributed by atoms with Crippen LogP contribution >= 0.6 is 0 Å². The van der Waals surface area contributed by atoms with Crippen molar-refractivity contribution < 1.29 is 13.2 Å². The van der Waals surface area contributed by atoms with Gasteiger partial charge in [0.05, 0.1) is 5.56 Å². The van der Waals surface area contributed by atoms with Gasteiger partial charge in [0.25, 0.3) is 0 Å². The highest BCUT2D eigenvalue weighted by atomic mass is 19.4. The van der Waals surface area contributed by atoms with Gasteiger partial charge in [0, 0.05) is 25.0 Å². The molecule has 0 spiro atoms. The molecule has 25 heavy (non-hydrogen) atoms. The SMILES string of the molecule is CC1CC(c2ccc(C(F)(F)F)c(N)c2)=CN(Cc2ccccc2)C1. The van der Waals surface area contributed by atoms with E-state index in [1.165, 1.54) is 17.7 Å². The van der Waals surface area contributed by atoms with Crippen LogP contribution in [0.4, 0.5) is 18.9 Å². The summed E-state index contributed by atoms with van der Waals surface area (Å²) in [6, 6.07) is 14.2. The Labute approximate surface area is 145 Å². The van der Waals surface area contributed by atoms with Gasteiger partial charge in [0.1, 0.15) is 0 Å². The second-order valence-corrected chi connectivity index (χ2v) is 6.68. The highest BCUT2D eigenvalue weighted by Gasteiger charge is 2.33. The van der Waals surface area contributed by atoms with E-state index in [9.17, 15) is 13.2 Å². The first-order chi connectivity index (χ1) is 11.8. The Morgan fingerprint density at radius 1 is 1.12 bits per heavy atom. The monoisotopic (exact) mass is 346 g/mol. The summed E-state index contributed by atoms with van der Waals surface area (Å²) in [4.78, 5) is 2.21.